The van der Waals surface area contributed by atoms with Gasteiger partial charge in [-0.05, 0) is 38.0 Å². The molecule has 1 aromatic carbocycles. The van der Waals surface area contributed by atoms with Crippen molar-refractivity contribution >= 4 is 11.0 Å². The van der Waals surface area contributed by atoms with E-state index in [1.54, 1.807) is 0 Å². The Labute approximate surface area is 115 Å². The van der Waals surface area contributed by atoms with Crippen LogP contribution >= 0.6 is 0 Å². The van der Waals surface area contributed by atoms with Crippen molar-refractivity contribution < 1.29 is 0 Å². The summed E-state index contributed by atoms with van der Waals surface area (Å²) in [5.74, 6) is 1.22. The second-order valence-corrected chi connectivity index (χ2v) is 5.48. The van der Waals surface area contributed by atoms with Crippen LogP contribution in [0, 0.1) is 0 Å². The Balaban J connectivity index is 2.40. The normalized spacial score (nSPS) is 11.6. The Kier molecular flexibility index (Phi) is 4.59. The van der Waals surface area contributed by atoms with Crippen molar-refractivity contribution in [2.24, 2.45) is 5.73 Å². The van der Waals surface area contributed by atoms with Crippen molar-refractivity contribution in [2.45, 2.75) is 59.0 Å². The summed E-state index contributed by atoms with van der Waals surface area (Å²) in [6.45, 7) is 7.26. The first-order valence-electron chi connectivity index (χ1n) is 7.37. The minimum Gasteiger partial charge on any atom is -0.326 e. The van der Waals surface area contributed by atoms with Gasteiger partial charge >= 0.3 is 0 Å². The Morgan fingerprint density at radius 1 is 1.26 bits per heavy atom. The van der Waals surface area contributed by atoms with Crippen LogP contribution in [0.3, 0.4) is 0 Å². The molecule has 0 amide bonds. The second kappa shape index (κ2) is 6.20. The van der Waals surface area contributed by atoms with Gasteiger partial charge in [0.2, 0.25) is 0 Å². The fraction of sp³-hybridized carbons (Fsp3) is 0.562. The fourth-order valence-corrected chi connectivity index (χ4v) is 2.61. The zero-order valence-electron chi connectivity index (χ0n) is 12.3. The highest BCUT2D eigenvalue weighted by molar-refractivity contribution is 5.77. The molecule has 104 valence electrons. The molecule has 19 heavy (non-hydrogen) atoms. The Morgan fingerprint density at radius 2 is 2.05 bits per heavy atom. The standard InChI is InChI=1S/C16H25N3/c1-4-5-6-7-16-18-14-10-13(11-17)8-9-15(14)19(16)12(2)3/h8-10,12H,4-7,11,17H2,1-3H3. The molecule has 1 aromatic heterocycles. The quantitative estimate of drug-likeness (QED) is 0.802. The molecule has 0 spiro atoms. The highest BCUT2D eigenvalue weighted by atomic mass is 15.1. The van der Waals surface area contributed by atoms with Gasteiger partial charge in [0.25, 0.3) is 0 Å². The predicted octanol–water partition coefficient (Wildman–Crippen LogP) is 3.81. The predicted molar refractivity (Wildman–Crippen MR) is 81.2 cm³/mol. The zero-order chi connectivity index (χ0) is 13.8. The molecule has 0 bridgehead atoms. The van der Waals surface area contributed by atoms with E-state index in [1.807, 2.05) is 0 Å². The van der Waals surface area contributed by atoms with Crippen molar-refractivity contribution in [3.05, 3.63) is 29.6 Å². The van der Waals surface area contributed by atoms with Crippen molar-refractivity contribution in [1.29, 1.82) is 0 Å². The van der Waals surface area contributed by atoms with Crippen molar-refractivity contribution in [2.75, 3.05) is 0 Å². The number of hydrogen-bond acceptors (Lipinski definition) is 2. The molecular weight excluding hydrogens is 234 g/mol. The molecule has 2 N–H and O–H groups in total. The zero-order valence-corrected chi connectivity index (χ0v) is 12.3. The first-order chi connectivity index (χ1) is 9.17. The molecule has 2 aromatic rings. The van der Waals surface area contributed by atoms with Gasteiger partial charge in [0.15, 0.2) is 0 Å². The lowest BCUT2D eigenvalue weighted by Crippen LogP contribution is -2.06. The van der Waals surface area contributed by atoms with E-state index in [2.05, 4.69) is 43.5 Å². The third-order valence-corrected chi connectivity index (χ3v) is 3.58. The number of imidazole rings is 1. The maximum absolute atomic E-state index is 5.71. The van der Waals surface area contributed by atoms with Crippen molar-refractivity contribution in [1.82, 2.24) is 9.55 Å². The summed E-state index contributed by atoms with van der Waals surface area (Å²) in [6, 6.07) is 6.84. The summed E-state index contributed by atoms with van der Waals surface area (Å²) in [6.07, 6.45) is 4.81. The van der Waals surface area contributed by atoms with Gasteiger partial charge in [-0.25, -0.2) is 4.98 Å². The molecule has 3 heteroatoms. The van der Waals surface area contributed by atoms with E-state index in [4.69, 9.17) is 10.7 Å². The molecule has 0 saturated heterocycles. The van der Waals surface area contributed by atoms with E-state index in [1.165, 1.54) is 30.6 Å². The topological polar surface area (TPSA) is 43.8 Å². The molecule has 0 aliphatic carbocycles. The van der Waals surface area contributed by atoms with Crippen LogP contribution in [0.5, 0.6) is 0 Å². The minimum atomic E-state index is 0.449. The number of unbranched alkanes of at least 4 members (excludes halogenated alkanes) is 2. The number of benzene rings is 1. The van der Waals surface area contributed by atoms with E-state index in [-0.39, 0.29) is 0 Å². The number of aromatic nitrogens is 2. The van der Waals surface area contributed by atoms with E-state index < -0.39 is 0 Å². The maximum atomic E-state index is 5.71. The lowest BCUT2D eigenvalue weighted by molar-refractivity contribution is 0.568. The Bertz CT molecular complexity index is 540. The molecular formula is C16H25N3. The molecule has 0 radical (unpaired) electrons. The lowest BCUT2D eigenvalue weighted by atomic mass is 10.2. The van der Waals surface area contributed by atoms with Crippen LogP contribution in [0.1, 0.15) is 57.5 Å². The first-order valence-corrected chi connectivity index (χ1v) is 7.37. The Morgan fingerprint density at radius 3 is 2.68 bits per heavy atom. The smallest absolute Gasteiger partial charge is 0.110 e. The number of fused-ring (bicyclic) bond motifs is 1. The molecule has 0 unspecified atom stereocenters. The van der Waals surface area contributed by atoms with Gasteiger partial charge in [-0.2, -0.15) is 0 Å². The number of aryl methyl sites for hydroxylation is 1. The molecule has 0 aliphatic heterocycles. The van der Waals surface area contributed by atoms with Crippen molar-refractivity contribution in [3.63, 3.8) is 0 Å². The monoisotopic (exact) mass is 259 g/mol. The summed E-state index contributed by atoms with van der Waals surface area (Å²) in [5, 5.41) is 0. The molecule has 2 rings (SSSR count). The molecule has 0 aliphatic rings. The summed E-state index contributed by atoms with van der Waals surface area (Å²) >= 11 is 0. The number of rotatable bonds is 6. The molecule has 1 heterocycles. The van der Waals surface area contributed by atoms with E-state index >= 15 is 0 Å². The van der Waals surface area contributed by atoms with E-state index in [9.17, 15) is 0 Å². The number of nitrogens with zero attached hydrogens (tertiary/aromatic N) is 2. The summed E-state index contributed by atoms with van der Waals surface area (Å²) in [5.41, 5.74) is 9.18. The van der Waals surface area contributed by atoms with Gasteiger partial charge in [0.1, 0.15) is 5.82 Å². The third-order valence-electron chi connectivity index (χ3n) is 3.58. The van der Waals surface area contributed by atoms with Gasteiger partial charge in [-0.1, -0.05) is 25.8 Å². The minimum absolute atomic E-state index is 0.449. The molecule has 3 nitrogen and oxygen atoms in total. The van der Waals surface area contributed by atoms with Crippen LogP contribution in [0.2, 0.25) is 0 Å². The van der Waals surface area contributed by atoms with Crippen LogP contribution in [0.4, 0.5) is 0 Å². The molecule has 0 fully saturated rings. The fourth-order valence-electron chi connectivity index (χ4n) is 2.61. The van der Waals surface area contributed by atoms with Gasteiger partial charge in [-0.15, -0.1) is 0 Å². The highest BCUT2D eigenvalue weighted by Gasteiger charge is 2.13. The van der Waals surface area contributed by atoms with Crippen molar-refractivity contribution in [3.8, 4) is 0 Å². The first kappa shape index (κ1) is 14.1. The molecule has 0 saturated carbocycles. The highest BCUT2D eigenvalue weighted by Crippen LogP contribution is 2.23. The van der Waals surface area contributed by atoms with Crippen LogP contribution in [0.25, 0.3) is 11.0 Å². The number of nitrogens with two attached hydrogens (primary N) is 1. The van der Waals surface area contributed by atoms with Crippen LogP contribution in [0.15, 0.2) is 18.2 Å². The lowest BCUT2D eigenvalue weighted by Gasteiger charge is -2.13. The third kappa shape index (κ3) is 2.98. The summed E-state index contributed by atoms with van der Waals surface area (Å²) in [4.78, 5) is 4.82. The summed E-state index contributed by atoms with van der Waals surface area (Å²) in [7, 11) is 0. The van der Waals surface area contributed by atoms with Gasteiger partial charge in [-0.3, -0.25) is 0 Å². The van der Waals surface area contributed by atoms with E-state index in [0.717, 1.165) is 17.5 Å². The summed E-state index contributed by atoms with van der Waals surface area (Å²) < 4.78 is 2.37. The average Bonchev–Trinajstić information content (AvgIpc) is 2.76. The molecule has 0 atom stereocenters. The second-order valence-electron chi connectivity index (χ2n) is 5.48. The van der Waals surface area contributed by atoms with Crippen LogP contribution in [-0.2, 0) is 13.0 Å². The SMILES string of the molecule is CCCCCc1nc2cc(CN)ccc2n1C(C)C. The van der Waals surface area contributed by atoms with Gasteiger partial charge in [0.05, 0.1) is 11.0 Å². The van der Waals surface area contributed by atoms with E-state index in [0.29, 0.717) is 12.6 Å². The van der Waals surface area contributed by atoms with Crippen LogP contribution < -0.4 is 5.73 Å². The largest absolute Gasteiger partial charge is 0.326 e. The Hall–Kier alpha value is -1.35. The number of hydrogen-bond donors (Lipinski definition) is 1. The van der Waals surface area contributed by atoms with Crippen LogP contribution in [-0.4, -0.2) is 9.55 Å². The maximum Gasteiger partial charge on any atom is 0.110 e. The average molecular weight is 259 g/mol. The van der Waals surface area contributed by atoms with Gasteiger partial charge in [0, 0.05) is 19.0 Å². The van der Waals surface area contributed by atoms with Gasteiger partial charge < -0.3 is 10.3 Å².